The number of rotatable bonds is 5. The Kier molecular flexibility index (Phi) is 4.96. The third-order valence-electron chi connectivity index (χ3n) is 5.79. The van der Waals surface area contributed by atoms with Gasteiger partial charge in [0, 0.05) is 17.4 Å². The number of thiophene rings is 1. The van der Waals surface area contributed by atoms with E-state index in [9.17, 15) is 9.59 Å². The Morgan fingerprint density at radius 2 is 1.88 bits per heavy atom. The van der Waals surface area contributed by atoms with Gasteiger partial charge in [-0.25, -0.2) is 9.99 Å². The normalized spacial score (nSPS) is 15.7. The standard InChI is InChI=1S/C25H18N4O4S/c30-22(29-19(21-9-5-11-33-21)12-18(27-29)20-8-4-10-32-20)13-28-15-26-24-23(25(28)31)17(14-34-24)16-6-2-1-3-7-16/h1-11,14-15,19H,12-13H2. The van der Waals surface area contributed by atoms with Gasteiger partial charge in [-0.05, 0) is 29.8 Å². The second-order valence-electron chi connectivity index (χ2n) is 7.87. The van der Waals surface area contributed by atoms with Crippen molar-refractivity contribution in [2.75, 3.05) is 0 Å². The molecule has 0 bridgehead atoms. The molecule has 0 aliphatic carbocycles. The van der Waals surface area contributed by atoms with Gasteiger partial charge < -0.3 is 8.83 Å². The van der Waals surface area contributed by atoms with E-state index in [1.165, 1.54) is 27.2 Å². The molecule has 5 aromatic rings. The Morgan fingerprint density at radius 1 is 1.06 bits per heavy atom. The summed E-state index contributed by atoms with van der Waals surface area (Å²) >= 11 is 1.41. The molecule has 34 heavy (non-hydrogen) atoms. The number of carbonyl (C=O) groups excluding carboxylic acids is 1. The highest BCUT2D eigenvalue weighted by molar-refractivity contribution is 7.17. The predicted octanol–water partition coefficient (Wildman–Crippen LogP) is 4.69. The molecule has 168 valence electrons. The lowest BCUT2D eigenvalue weighted by atomic mass is 10.1. The number of furan rings is 2. The lowest BCUT2D eigenvalue weighted by Gasteiger charge is -2.20. The van der Waals surface area contributed by atoms with E-state index in [2.05, 4.69) is 10.1 Å². The smallest absolute Gasteiger partial charge is 0.263 e. The molecule has 1 aromatic carbocycles. The Hall–Kier alpha value is -4.24. The average Bonchev–Trinajstić information content (AvgIpc) is 3.67. The van der Waals surface area contributed by atoms with E-state index in [4.69, 9.17) is 8.83 Å². The maximum atomic E-state index is 13.4. The van der Waals surface area contributed by atoms with Crippen molar-refractivity contribution >= 4 is 33.2 Å². The van der Waals surface area contributed by atoms with Gasteiger partial charge >= 0.3 is 0 Å². The summed E-state index contributed by atoms with van der Waals surface area (Å²) in [4.78, 5) is 31.8. The molecule has 0 N–H and O–H groups in total. The molecule has 4 aromatic heterocycles. The van der Waals surface area contributed by atoms with Crippen LogP contribution in [-0.4, -0.2) is 26.2 Å². The first-order valence-electron chi connectivity index (χ1n) is 10.7. The van der Waals surface area contributed by atoms with Gasteiger partial charge in [0.2, 0.25) is 0 Å². The highest BCUT2D eigenvalue weighted by Gasteiger charge is 2.36. The van der Waals surface area contributed by atoms with E-state index >= 15 is 0 Å². The van der Waals surface area contributed by atoms with Crippen molar-refractivity contribution in [3.05, 3.63) is 101 Å². The zero-order valence-corrected chi connectivity index (χ0v) is 18.6. The Balaban J connectivity index is 1.35. The SMILES string of the molecule is O=C(Cn1cnc2scc(-c3ccccc3)c2c1=O)N1N=C(c2ccco2)CC1c1ccco1. The first-order chi connectivity index (χ1) is 16.7. The molecule has 0 saturated carbocycles. The van der Waals surface area contributed by atoms with Crippen molar-refractivity contribution in [1.29, 1.82) is 0 Å². The molecule has 0 fully saturated rings. The molecule has 0 spiro atoms. The van der Waals surface area contributed by atoms with Crippen LogP contribution in [0.3, 0.4) is 0 Å². The summed E-state index contributed by atoms with van der Waals surface area (Å²) in [6.45, 7) is -0.196. The van der Waals surface area contributed by atoms with Crippen LogP contribution in [0.1, 0.15) is 24.0 Å². The van der Waals surface area contributed by atoms with Crippen LogP contribution in [0.2, 0.25) is 0 Å². The third-order valence-corrected chi connectivity index (χ3v) is 6.68. The van der Waals surface area contributed by atoms with Gasteiger partial charge in [0.25, 0.3) is 11.5 Å². The number of hydrazone groups is 1. The van der Waals surface area contributed by atoms with Crippen LogP contribution in [0.15, 0.2) is 97.6 Å². The Morgan fingerprint density at radius 3 is 2.65 bits per heavy atom. The van der Waals surface area contributed by atoms with Crippen LogP contribution in [0.5, 0.6) is 0 Å². The molecule has 1 amide bonds. The van der Waals surface area contributed by atoms with E-state index in [-0.39, 0.29) is 18.0 Å². The van der Waals surface area contributed by atoms with Crippen molar-refractivity contribution in [2.45, 2.75) is 19.0 Å². The number of carbonyl (C=O) groups is 1. The largest absolute Gasteiger partial charge is 0.467 e. The van der Waals surface area contributed by atoms with Gasteiger partial charge in [-0.3, -0.25) is 14.2 Å². The molecule has 8 nitrogen and oxygen atoms in total. The van der Waals surface area contributed by atoms with Crippen LogP contribution in [0.25, 0.3) is 21.3 Å². The predicted molar refractivity (Wildman–Crippen MR) is 127 cm³/mol. The fourth-order valence-corrected chi connectivity index (χ4v) is 5.07. The Bertz CT molecular complexity index is 1550. The third kappa shape index (κ3) is 3.46. The molecule has 1 aliphatic rings. The monoisotopic (exact) mass is 470 g/mol. The summed E-state index contributed by atoms with van der Waals surface area (Å²) in [5, 5.41) is 8.33. The number of aromatic nitrogens is 2. The number of nitrogens with zero attached hydrogens (tertiary/aromatic N) is 4. The minimum absolute atomic E-state index is 0.196. The highest BCUT2D eigenvalue weighted by atomic mass is 32.1. The Labute approximate surface area is 197 Å². The van der Waals surface area contributed by atoms with Crippen LogP contribution in [0, 0.1) is 0 Å². The van der Waals surface area contributed by atoms with Crippen molar-refractivity contribution < 1.29 is 13.6 Å². The topological polar surface area (TPSA) is 93.8 Å². The molecule has 5 heterocycles. The summed E-state index contributed by atoms with van der Waals surface area (Å²) in [5.74, 6) is 0.865. The maximum absolute atomic E-state index is 13.4. The quantitative estimate of drug-likeness (QED) is 0.372. The van der Waals surface area contributed by atoms with Gasteiger partial charge in [0.1, 0.15) is 34.6 Å². The number of hydrogen-bond acceptors (Lipinski definition) is 7. The molecule has 0 saturated heterocycles. The zero-order chi connectivity index (χ0) is 23.1. The lowest BCUT2D eigenvalue weighted by molar-refractivity contribution is -0.134. The van der Waals surface area contributed by atoms with E-state index in [0.717, 1.165) is 11.1 Å². The minimum atomic E-state index is -0.420. The number of amides is 1. The summed E-state index contributed by atoms with van der Waals surface area (Å²) in [5.41, 5.74) is 2.13. The number of benzene rings is 1. The second-order valence-corrected chi connectivity index (χ2v) is 8.73. The molecule has 9 heteroatoms. The highest BCUT2D eigenvalue weighted by Crippen LogP contribution is 2.34. The van der Waals surface area contributed by atoms with Gasteiger partial charge in [-0.1, -0.05) is 30.3 Å². The molecule has 6 rings (SSSR count). The van der Waals surface area contributed by atoms with Crippen molar-refractivity contribution in [2.24, 2.45) is 5.10 Å². The minimum Gasteiger partial charge on any atom is -0.467 e. The number of fused-ring (bicyclic) bond motifs is 1. The van der Waals surface area contributed by atoms with Gasteiger partial charge in [-0.2, -0.15) is 5.10 Å². The van der Waals surface area contributed by atoms with Crippen molar-refractivity contribution in [3.8, 4) is 11.1 Å². The molecular weight excluding hydrogens is 452 g/mol. The second kappa shape index (κ2) is 8.27. The molecule has 0 radical (unpaired) electrons. The fraction of sp³-hybridized carbons (Fsp3) is 0.120. The molecular formula is C25H18N4O4S. The summed E-state index contributed by atoms with van der Waals surface area (Å²) in [6.07, 6.45) is 4.99. The summed E-state index contributed by atoms with van der Waals surface area (Å²) in [6, 6.07) is 16.4. The fourth-order valence-electron chi connectivity index (χ4n) is 4.16. The zero-order valence-electron chi connectivity index (χ0n) is 17.8. The van der Waals surface area contributed by atoms with Crippen molar-refractivity contribution in [1.82, 2.24) is 14.6 Å². The van der Waals surface area contributed by atoms with Crippen LogP contribution < -0.4 is 5.56 Å². The number of hydrogen-bond donors (Lipinski definition) is 0. The van der Waals surface area contributed by atoms with E-state index in [1.54, 1.807) is 30.7 Å². The van der Waals surface area contributed by atoms with E-state index in [0.29, 0.717) is 33.9 Å². The maximum Gasteiger partial charge on any atom is 0.263 e. The lowest BCUT2D eigenvalue weighted by Crippen LogP contribution is -2.33. The van der Waals surface area contributed by atoms with Gasteiger partial charge in [-0.15, -0.1) is 11.3 Å². The van der Waals surface area contributed by atoms with E-state index in [1.807, 2.05) is 41.8 Å². The molecule has 1 atom stereocenters. The summed E-state index contributed by atoms with van der Waals surface area (Å²) < 4.78 is 12.4. The molecule has 1 unspecified atom stereocenters. The van der Waals surface area contributed by atoms with Crippen LogP contribution in [-0.2, 0) is 11.3 Å². The summed E-state index contributed by atoms with van der Waals surface area (Å²) in [7, 11) is 0. The van der Waals surface area contributed by atoms with Gasteiger partial charge in [0.05, 0.1) is 24.2 Å². The first-order valence-corrected chi connectivity index (χ1v) is 11.6. The van der Waals surface area contributed by atoms with Crippen LogP contribution in [0.4, 0.5) is 0 Å². The van der Waals surface area contributed by atoms with Gasteiger partial charge in [0.15, 0.2) is 0 Å². The molecule has 1 aliphatic heterocycles. The van der Waals surface area contributed by atoms with Crippen LogP contribution >= 0.6 is 11.3 Å². The first kappa shape index (κ1) is 20.4. The van der Waals surface area contributed by atoms with E-state index < -0.39 is 6.04 Å². The van der Waals surface area contributed by atoms with Crippen molar-refractivity contribution in [3.63, 3.8) is 0 Å². The average molecular weight is 471 g/mol.